The van der Waals surface area contributed by atoms with Gasteiger partial charge in [-0.05, 0) is 17.9 Å². The smallest absolute Gasteiger partial charge is 0.370 e. The molecule has 0 saturated carbocycles. The number of nitrogens with zero attached hydrogens (tertiary/aromatic N) is 2. The number of rotatable bonds is 5. The van der Waals surface area contributed by atoms with Crippen LogP contribution in [0.5, 0.6) is 0 Å². The fourth-order valence-electron chi connectivity index (χ4n) is 1.56. The molecule has 0 aliphatic heterocycles. The normalized spacial score (nSPS) is 11.4. The molecule has 4 nitrogen and oxygen atoms in total. The third-order valence-corrected chi connectivity index (χ3v) is 3.43. The quantitative estimate of drug-likeness (QED) is 0.890. The molecule has 2 aromatic rings. The predicted octanol–water partition coefficient (Wildman–Crippen LogP) is 3.25. The fourth-order valence-corrected chi connectivity index (χ4v) is 2.27. The lowest BCUT2D eigenvalue weighted by Crippen LogP contribution is -2.14. The van der Waals surface area contributed by atoms with Gasteiger partial charge in [-0.25, -0.2) is 4.98 Å². The molecule has 0 aliphatic rings. The summed E-state index contributed by atoms with van der Waals surface area (Å²) in [7, 11) is 1.48. The largest absolute Gasteiger partial charge is 0.433 e. The molecule has 2 rings (SSSR count). The van der Waals surface area contributed by atoms with Gasteiger partial charge in [0.2, 0.25) is 5.95 Å². The molecule has 0 saturated heterocycles. The van der Waals surface area contributed by atoms with Crippen molar-refractivity contribution in [3.8, 4) is 0 Å². The second kappa shape index (κ2) is 6.08. The second-order valence-corrected chi connectivity index (χ2v) is 5.00. The number of aromatic nitrogens is 2. The third kappa shape index (κ3) is 3.83. The van der Waals surface area contributed by atoms with Gasteiger partial charge in [0.1, 0.15) is 5.82 Å². The van der Waals surface area contributed by atoms with Gasteiger partial charge in [0.25, 0.3) is 0 Å². The van der Waals surface area contributed by atoms with Crippen LogP contribution in [0.25, 0.3) is 0 Å². The zero-order valence-corrected chi connectivity index (χ0v) is 11.5. The number of anilines is 2. The number of hydrogen-bond acceptors (Lipinski definition) is 5. The first-order chi connectivity index (χ1) is 9.49. The van der Waals surface area contributed by atoms with Gasteiger partial charge in [-0.1, -0.05) is 6.07 Å². The second-order valence-electron chi connectivity index (χ2n) is 3.97. The minimum Gasteiger partial charge on any atom is -0.370 e. The van der Waals surface area contributed by atoms with Crippen molar-refractivity contribution in [2.45, 2.75) is 12.6 Å². The molecular formula is C12H13F3N4S. The van der Waals surface area contributed by atoms with Gasteiger partial charge >= 0.3 is 6.18 Å². The first kappa shape index (κ1) is 14.6. The van der Waals surface area contributed by atoms with Crippen molar-refractivity contribution in [3.63, 3.8) is 0 Å². The Balaban J connectivity index is 2.06. The van der Waals surface area contributed by atoms with E-state index in [0.29, 0.717) is 6.54 Å². The van der Waals surface area contributed by atoms with E-state index in [1.54, 1.807) is 11.3 Å². The summed E-state index contributed by atoms with van der Waals surface area (Å²) < 4.78 is 38.1. The molecule has 108 valence electrons. The van der Waals surface area contributed by atoms with Crippen LogP contribution >= 0.6 is 11.3 Å². The minimum absolute atomic E-state index is 0.0570. The van der Waals surface area contributed by atoms with Gasteiger partial charge in [0, 0.05) is 24.5 Å². The molecule has 20 heavy (non-hydrogen) atoms. The van der Waals surface area contributed by atoms with Crippen molar-refractivity contribution in [2.75, 3.05) is 24.2 Å². The molecule has 2 heterocycles. The van der Waals surface area contributed by atoms with Crippen LogP contribution in [-0.4, -0.2) is 23.6 Å². The average Bonchev–Trinajstić information content (AvgIpc) is 2.90. The summed E-state index contributed by atoms with van der Waals surface area (Å²) >= 11 is 1.61. The third-order valence-electron chi connectivity index (χ3n) is 2.50. The summed E-state index contributed by atoms with van der Waals surface area (Å²) in [6.07, 6.45) is -3.75. The maximum Gasteiger partial charge on any atom is 0.433 e. The number of halogens is 3. The molecular weight excluding hydrogens is 289 g/mol. The lowest BCUT2D eigenvalue weighted by atomic mass is 10.3. The molecule has 0 fully saturated rings. The Hall–Kier alpha value is -1.83. The van der Waals surface area contributed by atoms with Crippen LogP contribution in [0.4, 0.5) is 24.9 Å². The van der Waals surface area contributed by atoms with Gasteiger partial charge < -0.3 is 10.6 Å². The molecule has 0 spiro atoms. The highest BCUT2D eigenvalue weighted by Crippen LogP contribution is 2.29. The summed E-state index contributed by atoms with van der Waals surface area (Å²) in [5, 5.41) is 7.37. The van der Waals surface area contributed by atoms with Crippen LogP contribution in [0.15, 0.2) is 23.6 Å². The lowest BCUT2D eigenvalue weighted by Gasteiger charge is -2.11. The molecule has 0 amide bonds. The zero-order valence-electron chi connectivity index (χ0n) is 10.7. The first-order valence-electron chi connectivity index (χ1n) is 5.89. The van der Waals surface area contributed by atoms with Crippen LogP contribution in [0.1, 0.15) is 10.6 Å². The predicted molar refractivity (Wildman–Crippen MR) is 73.1 cm³/mol. The van der Waals surface area contributed by atoms with Crippen molar-refractivity contribution in [1.82, 2.24) is 9.97 Å². The minimum atomic E-state index is -4.49. The highest BCUT2D eigenvalue weighted by Gasteiger charge is 2.33. The van der Waals surface area contributed by atoms with E-state index in [1.165, 1.54) is 7.05 Å². The van der Waals surface area contributed by atoms with Crippen molar-refractivity contribution >= 4 is 23.1 Å². The topological polar surface area (TPSA) is 49.8 Å². The summed E-state index contributed by atoms with van der Waals surface area (Å²) in [6, 6.07) is 4.83. The summed E-state index contributed by atoms with van der Waals surface area (Å²) in [6.45, 7) is 0.512. The highest BCUT2D eigenvalue weighted by molar-refractivity contribution is 7.09. The molecule has 0 radical (unpaired) electrons. The van der Waals surface area contributed by atoms with E-state index in [9.17, 15) is 13.2 Å². The van der Waals surface area contributed by atoms with Gasteiger partial charge in [0.15, 0.2) is 5.69 Å². The van der Waals surface area contributed by atoms with Gasteiger partial charge in [-0.3, -0.25) is 0 Å². The van der Waals surface area contributed by atoms with E-state index in [1.807, 2.05) is 17.5 Å². The van der Waals surface area contributed by atoms with Gasteiger partial charge in [-0.2, -0.15) is 18.2 Å². The lowest BCUT2D eigenvalue weighted by molar-refractivity contribution is -0.141. The summed E-state index contributed by atoms with van der Waals surface area (Å²) in [5.41, 5.74) is -0.963. The Morgan fingerprint density at radius 2 is 2.10 bits per heavy atom. The van der Waals surface area contributed by atoms with Crippen LogP contribution < -0.4 is 10.6 Å². The maximum atomic E-state index is 12.7. The van der Waals surface area contributed by atoms with E-state index in [2.05, 4.69) is 20.6 Å². The number of hydrogen-bond donors (Lipinski definition) is 2. The Morgan fingerprint density at radius 3 is 2.70 bits per heavy atom. The Kier molecular flexibility index (Phi) is 4.43. The standard InChI is InChI=1S/C12H13F3N4S/c1-16-11-18-9(12(13,14)15)7-10(19-11)17-5-4-8-3-2-6-20-8/h2-3,6-7H,4-5H2,1H3,(H2,16,17,18,19). The number of nitrogens with one attached hydrogen (secondary N) is 2. The van der Waals surface area contributed by atoms with Crippen molar-refractivity contribution in [3.05, 3.63) is 34.2 Å². The van der Waals surface area contributed by atoms with E-state index in [0.717, 1.165) is 17.4 Å². The molecule has 8 heteroatoms. The van der Waals surface area contributed by atoms with Gasteiger partial charge in [0.05, 0.1) is 0 Å². The molecule has 2 N–H and O–H groups in total. The molecule has 0 unspecified atom stereocenters. The molecule has 2 aromatic heterocycles. The van der Waals surface area contributed by atoms with Gasteiger partial charge in [-0.15, -0.1) is 11.3 Å². The molecule has 0 atom stereocenters. The Labute approximate surface area is 118 Å². The SMILES string of the molecule is CNc1nc(NCCc2cccs2)cc(C(F)(F)F)n1. The Morgan fingerprint density at radius 1 is 1.30 bits per heavy atom. The van der Waals surface area contributed by atoms with E-state index < -0.39 is 11.9 Å². The summed E-state index contributed by atoms with van der Waals surface area (Å²) in [4.78, 5) is 8.51. The molecule has 0 bridgehead atoms. The van der Waals surface area contributed by atoms with E-state index in [-0.39, 0.29) is 11.8 Å². The van der Waals surface area contributed by atoms with E-state index >= 15 is 0 Å². The van der Waals surface area contributed by atoms with E-state index in [4.69, 9.17) is 0 Å². The van der Waals surface area contributed by atoms with Crippen LogP contribution in [0, 0.1) is 0 Å². The van der Waals surface area contributed by atoms with Crippen LogP contribution in [0.3, 0.4) is 0 Å². The van der Waals surface area contributed by atoms with Crippen molar-refractivity contribution in [2.24, 2.45) is 0 Å². The zero-order chi connectivity index (χ0) is 14.6. The Bertz CT molecular complexity index is 554. The first-order valence-corrected chi connectivity index (χ1v) is 6.77. The summed E-state index contributed by atoms with van der Waals surface area (Å²) in [5.74, 6) is 0.103. The van der Waals surface area contributed by atoms with Crippen LogP contribution in [0.2, 0.25) is 0 Å². The van der Waals surface area contributed by atoms with Crippen molar-refractivity contribution in [1.29, 1.82) is 0 Å². The number of alkyl halides is 3. The van der Waals surface area contributed by atoms with Crippen LogP contribution in [-0.2, 0) is 12.6 Å². The molecule has 0 aromatic carbocycles. The molecule has 0 aliphatic carbocycles. The van der Waals surface area contributed by atoms with Crippen molar-refractivity contribution < 1.29 is 13.2 Å². The number of thiophene rings is 1. The monoisotopic (exact) mass is 302 g/mol. The fraction of sp³-hybridized carbons (Fsp3) is 0.333. The maximum absolute atomic E-state index is 12.7. The highest BCUT2D eigenvalue weighted by atomic mass is 32.1. The average molecular weight is 302 g/mol.